The number of ether oxygens (including phenoxy) is 2. The van der Waals surface area contributed by atoms with E-state index in [0.717, 1.165) is 29.0 Å². The molecule has 2 saturated carbocycles. The standard InChI is InChI=1S/C27H30INO4/c28-23-9-7-20(8-10-23)22-13-25(27(31)29-24-12-19-5-6-21(24)11-19)33-26(14-22)32-16-18-3-1-17(15-30)2-4-18/h1-4,7-10,13,19,21-22,24,26,30H,5-6,11-12,14-16H2,(H,29,31)/t19?,21?,22-,24?,26+/m1/s1. The fraction of sp³-hybridized carbons (Fsp3) is 0.444. The molecule has 2 aromatic rings. The van der Waals surface area contributed by atoms with Gasteiger partial charge in [-0.2, -0.15) is 0 Å². The van der Waals surface area contributed by atoms with Crippen LogP contribution in [-0.2, 0) is 27.5 Å². The summed E-state index contributed by atoms with van der Waals surface area (Å²) in [5.41, 5.74) is 3.03. The number of benzene rings is 2. The van der Waals surface area contributed by atoms with Crippen LogP contribution >= 0.6 is 22.6 Å². The molecule has 0 radical (unpaired) electrons. The topological polar surface area (TPSA) is 67.8 Å². The van der Waals surface area contributed by atoms with Gasteiger partial charge in [0.25, 0.3) is 5.91 Å². The number of allylic oxidation sites excluding steroid dienone is 1. The Balaban J connectivity index is 1.29. The quantitative estimate of drug-likeness (QED) is 0.468. The Hall–Kier alpha value is -1.90. The van der Waals surface area contributed by atoms with Crippen LogP contribution in [0.25, 0.3) is 0 Å². The van der Waals surface area contributed by atoms with Crippen LogP contribution in [0.1, 0.15) is 54.7 Å². The van der Waals surface area contributed by atoms with Crippen molar-refractivity contribution < 1.29 is 19.4 Å². The van der Waals surface area contributed by atoms with E-state index in [4.69, 9.17) is 9.47 Å². The van der Waals surface area contributed by atoms with Gasteiger partial charge < -0.3 is 19.9 Å². The SMILES string of the molecule is O=C(NC1CC2CCC1C2)C1=C[C@@H](c2ccc(I)cc2)C[C@@H](OCc2ccc(CO)cc2)O1. The number of hydrogen-bond acceptors (Lipinski definition) is 4. The molecule has 5 rings (SSSR count). The first-order valence-electron chi connectivity index (χ1n) is 11.8. The van der Waals surface area contributed by atoms with Crippen molar-refractivity contribution in [3.05, 3.63) is 80.6 Å². The van der Waals surface area contributed by atoms with Crippen LogP contribution in [0.15, 0.2) is 60.4 Å². The van der Waals surface area contributed by atoms with Gasteiger partial charge in [0.2, 0.25) is 6.29 Å². The molecule has 1 aliphatic heterocycles. The van der Waals surface area contributed by atoms with E-state index in [1.54, 1.807) is 0 Å². The number of rotatable bonds is 7. The minimum absolute atomic E-state index is 0.0242. The van der Waals surface area contributed by atoms with E-state index in [9.17, 15) is 9.90 Å². The van der Waals surface area contributed by atoms with Gasteiger partial charge in [0, 0.05) is 22.0 Å². The fourth-order valence-electron chi connectivity index (χ4n) is 5.45. The number of amides is 1. The normalized spacial score (nSPS) is 28.3. The van der Waals surface area contributed by atoms with Crippen molar-refractivity contribution in [2.45, 2.75) is 63.6 Å². The lowest BCUT2D eigenvalue weighted by Gasteiger charge is -2.31. The Morgan fingerprint density at radius 2 is 1.79 bits per heavy atom. The summed E-state index contributed by atoms with van der Waals surface area (Å²) in [7, 11) is 0. The summed E-state index contributed by atoms with van der Waals surface area (Å²) in [6.07, 6.45) is 6.98. The van der Waals surface area contributed by atoms with E-state index in [2.05, 4.69) is 52.2 Å². The molecular formula is C27H30INO4. The summed E-state index contributed by atoms with van der Waals surface area (Å²) >= 11 is 2.30. The second-order valence-corrected chi connectivity index (χ2v) is 10.8. The second-order valence-electron chi connectivity index (χ2n) is 9.51. The number of aliphatic hydroxyl groups excluding tert-OH is 1. The predicted octanol–water partition coefficient (Wildman–Crippen LogP) is 5.02. The monoisotopic (exact) mass is 559 g/mol. The first kappa shape index (κ1) is 22.9. The van der Waals surface area contributed by atoms with Gasteiger partial charge in [-0.25, -0.2) is 0 Å². The van der Waals surface area contributed by atoms with Gasteiger partial charge in [-0.3, -0.25) is 4.79 Å². The molecule has 0 saturated heterocycles. The van der Waals surface area contributed by atoms with Crippen molar-refractivity contribution in [1.29, 1.82) is 0 Å². The Labute approximate surface area is 208 Å². The van der Waals surface area contributed by atoms with Gasteiger partial charge in [-0.05, 0) is 88.6 Å². The zero-order valence-electron chi connectivity index (χ0n) is 18.6. The highest BCUT2D eigenvalue weighted by Gasteiger charge is 2.41. The third kappa shape index (κ3) is 5.44. The van der Waals surface area contributed by atoms with Crippen LogP contribution in [0.3, 0.4) is 0 Å². The van der Waals surface area contributed by atoms with E-state index in [1.165, 1.54) is 22.8 Å². The average Bonchev–Trinajstić information content (AvgIpc) is 3.47. The molecule has 1 amide bonds. The molecule has 174 valence electrons. The lowest BCUT2D eigenvalue weighted by molar-refractivity contribution is -0.150. The Morgan fingerprint density at radius 1 is 1.03 bits per heavy atom. The number of carbonyl (C=O) groups excluding carboxylic acids is 1. The summed E-state index contributed by atoms with van der Waals surface area (Å²) in [5, 5.41) is 12.5. The van der Waals surface area contributed by atoms with E-state index < -0.39 is 6.29 Å². The van der Waals surface area contributed by atoms with Crippen molar-refractivity contribution in [2.24, 2.45) is 11.8 Å². The third-order valence-corrected chi connectivity index (χ3v) is 7.99. The Morgan fingerprint density at radius 3 is 2.45 bits per heavy atom. The minimum Gasteiger partial charge on any atom is -0.459 e. The maximum absolute atomic E-state index is 13.2. The molecule has 0 spiro atoms. The van der Waals surface area contributed by atoms with Crippen LogP contribution in [0.2, 0.25) is 0 Å². The Kier molecular flexibility index (Phi) is 7.04. The van der Waals surface area contributed by atoms with Crippen LogP contribution in [-0.4, -0.2) is 23.3 Å². The molecule has 5 nitrogen and oxygen atoms in total. The molecule has 6 heteroatoms. The Bertz CT molecular complexity index is 1000. The van der Waals surface area contributed by atoms with Gasteiger partial charge in [0.05, 0.1) is 13.2 Å². The lowest BCUT2D eigenvalue weighted by atomic mass is 9.92. The number of hydrogen-bond donors (Lipinski definition) is 2. The summed E-state index contributed by atoms with van der Waals surface area (Å²) in [5.74, 6) is 1.69. The van der Waals surface area contributed by atoms with Crippen LogP contribution in [0, 0.1) is 15.4 Å². The van der Waals surface area contributed by atoms with Crippen molar-refractivity contribution in [2.75, 3.05) is 0 Å². The molecular weight excluding hydrogens is 529 g/mol. The first-order chi connectivity index (χ1) is 16.1. The number of carbonyl (C=O) groups is 1. The molecule has 2 fully saturated rings. The van der Waals surface area contributed by atoms with E-state index in [-0.39, 0.29) is 24.5 Å². The summed E-state index contributed by atoms with van der Waals surface area (Å²) in [6, 6.07) is 16.4. The zero-order chi connectivity index (χ0) is 22.8. The molecule has 3 unspecified atom stereocenters. The lowest BCUT2D eigenvalue weighted by Crippen LogP contribution is -2.41. The zero-order valence-corrected chi connectivity index (χ0v) is 20.7. The minimum atomic E-state index is -0.502. The van der Waals surface area contributed by atoms with Gasteiger partial charge in [0.15, 0.2) is 5.76 Å². The smallest absolute Gasteiger partial charge is 0.286 e. The van der Waals surface area contributed by atoms with Gasteiger partial charge in [0.1, 0.15) is 0 Å². The summed E-state index contributed by atoms with van der Waals surface area (Å²) in [6.45, 7) is 0.410. The van der Waals surface area contributed by atoms with E-state index in [1.807, 2.05) is 30.3 Å². The number of halogens is 1. The van der Waals surface area contributed by atoms with Crippen molar-refractivity contribution in [3.63, 3.8) is 0 Å². The number of fused-ring (bicyclic) bond motifs is 2. The van der Waals surface area contributed by atoms with Crippen LogP contribution < -0.4 is 5.32 Å². The predicted molar refractivity (Wildman–Crippen MR) is 134 cm³/mol. The van der Waals surface area contributed by atoms with Crippen LogP contribution in [0.5, 0.6) is 0 Å². The molecule has 2 N–H and O–H groups in total. The highest BCUT2D eigenvalue weighted by molar-refractivity contribution is 14.1. The van der Waals surface area contributed by atoms with E-state index in [0.29, 0.717) is 24.7 Å². The average molecular weight is 559 g/mol. The number of aliphatic hydroxyl groups is 1. The molecule has 2 aromatic carbocycles. The van der Waals surface area contributed by atoms with E-state index >= 15 is 0 Å². The molecule has 1 heterocycles. The van der Waals surface area contributed by atoms with Gasteiger partial charge in [-0.15, -0.1) is 0 Å². The van der Waals surface area contributed by atoms with Crippen molar-refractivity contribution in [1.82, 2.24) is 5.32 Å². The molecule has 0 aromatic heterocycles. The molecule has 3 aliphatic rings. The molecule has 5 atom stereocenters. The number of nitrogens with one attached hydrogen (secondary N) is 1. The largest absolute Gasteiger partial charge is 0.459 e. The summed E-state index contributed by atoms with van der Waals surface area (Å²) < 4.78 is 13.4. The maximum Gasteiger partial charge on any atom is 0.286 e. The van der Waals surface area contributed by atoms with Gasteiger partial charge >= 0.3 is 0 Å². The van der Waals surface area contributed by atoms with Crippen molar-refractivity contribution in [3.8, 4) is 0 Å². The highest BCUT2D eigenvalue weighted by atomic mass is 127. The first-order valence-corrected chi connectivity index (χ1v) is 12.9. The highest BCUT2D eigenvalue weighted by Crippen LogP contribution is 2.44. The third-order valence-electron chi connectivity index (χ3n) is 7.28. The fourth-order valence-corrected chi connectivity index (χ4v) is 5.81. The molecule has 2 aliphatic carbocycles. The van der Waals surface area contributed by atoms with Crippen LogP contribution in [0.4, 0.5) is 0 Å². The molecule has 2 bridgehead atoms. The summed E-state index contributed by atoms with van der Waals surface area (Å²) in [4.78, 5) is 13.2. The van der Waals surface area contributed by atoms with Crippen molar-refractivity contribution >= 4 is 28.5 Å². The molecule has 33 heavy (non-hydrogen) atoms. The van der Waals surface area contributed by atoms with Gasteiger partial charge in [-0.1, -0.05) is 42.8 Å². The maximum atomic E-state index is 13.2. The second kappa shape index (κ2) is 10.2.